The maximum atomic E-state index is 12.9. The molecule has 2 aromatic carbocycles. The number of anilines is 3. The third-order valence-electron chi connectivity index (χ3n) is 4.85. The van der Waals surface area contributed by atoms with Crippen LogP contribution in [0.15, 0.2) is 36.4 Å². The highest BCUT2D eigenvalue weighted by Gasteiger charge is 2.37. The van der Waals surface area contributed by atoms with Crippen molar-refractivity contribution in [1.29, 1.82) is 0 Å². The zero-order valence-corrected chi connectivity index (χ0v) is 17.8. The van der Waals surface area contributed by atoms with Gasteiger partial charge >= 0.3 is 6.03 Å². The molecule has 0 radical (unpaired) electrons. The summed E-state index contributed by atoms with van der Waals surface area (Å²) in [6.45, 7) is 10.7. The van der Waals surface area contributed by atoms with E-state index in [1.165, 1.54) is 0 Å². The first-order valence-electron chi connectivity index (χ1n) is 9.95. The number of urea groups is 1. The van der Waals surface area contributed by atoms with Crippen LogP contribution in [0.25, 0.3) is 0 Å². The standard InChI is InChI=1S/C23H29N3O3/c1-6-9-26-19-8-7-17(13-20(19)29-14-23(4,5)21(26)27)24-22(28)25-18-11-15(2)10-16(3)12-18/h7-8,10-13H,6,9,14H2,1-5H3,(H2,24,25,28). The van der Waals surface area contributed by atoms with Gasteiger partial charge in [-0.25, -0.2) is 4.79 Å². The van der Waals surface area contributed by atoms with E-state index in [9.17, 15) is 9.59 Å². The summed E-state index contributed by atoms with van der Waals surface area (Å²) in [5, 5.41) is 5.70. The minimum absolute atomic E-state index is 0.0476. The molecule has 0 saturated carbocycles. The molecule has 0 spiro atoms. The largest absolute Gasteiger partial charge is 0.490 e. The number of nitrogens with one attached hydrogen (secondary N) is 2. The summed E-state index contributed by atoms with van der Waals surface area (Å²) in [6.07, 6.45) is 0.847. The van der Waals surface area contributed by atoms with Crippen molar-refractivity contribution >= 4 is 29.0 Å². The monoisotopic (exact) mass is 395 g/mol. The third kappa shape index (κ3) is 4.70. The van der Waals surface area contributed by atoms with E-state index in [2.05, 4.69) is 16.7 Å². The van der Waals surface area contributed by atoms with Crippen LogP contribution in [0.2, 0.25) is 0 Å². The van der Waals surface area contributed by atoms with Crippen molar-refractivity contribution in [3.8, 4) is 5.75 Å². The van der Waals surface area contributed by atoms with Gasteiger partial charge in [0, 0.05) is 24.0 Å². The van der Waals surface area contributed by atoms with Crippen LogP contribution in [0.4, 0.5) is 21.9 Å². The van der Waals surface area contributed by atoms with E-state index >= 15 is 0 Å². The fourth-order valence-electron chi connectivity index (χ4n) is 3.51. The van der Waals surface area contributed by atoms with E-state index in [0.717, 1.165) is 28.9 Å². The number of rotatable bonds is 4. The zero-order chi connectivity index (χ0) is 21.2. The maximum Gasteiger partial charge on any atom is 0.323 e. The molecule has 6 heteroatoms. The van der Waals surface area contributed by atoms with Crippen molar-refractivity contribution in [2.45, 2.75) is 41.0 Å². The van der Waals surface area contributed by atoms with E-state index in [4.69, 9.17) is 4.74 Å². The van der Waals surface area contributed by atoms with Crippen LogP contribution >= 0.6 is 0 Å². The van der Waals surface area contributed by atoms with Gasteiger partial charge in [-0.3, -0.25) is 4.79 Å². The Morgan fingerprint density at radius 2 is 1.72 bits per heavy atom. The van der Waals surface area contributed by atoms with E-state index < -0.39 is 5.41 Å². The Labute approximate surface area is 172 Å². The molecule has 29 heavy (non-hydrogen) atoms. The number of carbonyl (C=O) groups excluding carboxylic acids is 2. The van der Waals surface area contributed by atoms with E-state index in [-0.39, 0.29) is 18.5 Å². The van der Waals surface area contributed by atoms with Gasteiger partial charge < -0.3 is 20.3 Å². The Kier molecular flexibility index (Phi) is 5.82. The second-order valence-electron chi connectivity index (χ2n) is 8.27. The molecule has 3 rings (SSSR count). The predicted octanol–water partition coefficient (Wildman–Crippen LogP) is 5.11. The molecule has 1 aliphatic rings. The zero-order valence-electron chi connectivity index (χ0n) is 17.8. The molecule has 6 nitrogen and oxygen atoms in total. The van der Waals surface area contributed by atoms with Crippen molar-refractivity contribution < 1.29 is 14.3 Å². The summed E-state index contributed by atoms with van der Waals surface area (Å²) in [5.74, 6) is 0.646. The molecule has 0 atom stereocenters. The Hall–Kier alpha value is -3.02. The van der Waals surface area contributed by atoms with Crippen molar-refractivity contribution in [2.75, 3.05) is 28.7 Å². The molecular weight excluding hydrogens is 366 g/mol. The van der Waals surface area contributed by atoms with E-state index in [1.807, 2.05) is 52.8 Å². The van der Waals surface area contributed by atoms with Crippen molar-refractivity contribution in [2.24, 2.45) is 5.41 Å². The van der Waals surface area contributed by atoms with Crippen LogP contribution in [-0.2, 0) is 4.79 Å². The molecule has 2 aromatic rings. The molecule has 1 aliphatic heterocycles. The Morgan fingerprint density at radius 3 is 2.38 bits per heavy atom. The Morgan fingerprint density at radius 1 is 1.07 bits per heavy atom. The van der Waals surface area contributed by atoms with Gasteiger partial charge in [0.15, 0.2) is 0 Å². The summed E-state index contributed by atoms with van der Waals surface area (Å²) >= 11 is 0. The second kappa shape index (κ2) is 8.15. The highest BCUT2D eigenvalue weighted by molar-refractivity contribution is 6.02. The van der Waals surface area contributed by atoms with Crippen LogP contribution in [0, 0.1) is 19.3 Å². The number of ether oxygens (including phenoxy) is 1. The predicted molar refractivity (Wildman–Crippen MR) is 117 cm³/mol. The van der Waals surface area contributed by atoms with Crippen LogP contribution in [0.1, 0.15) is 38.3 Å². The van der Waals surface area contributed by atoms with Crippen LogP contribution in [-0.4, -0.2) is 25.1 Å². The lowest BCUT2D eigenvalue weighted by molar-refractivity contribution is -0.127. The molecule has 1 heterocycles. The lowest BCUT2D eigenvalue weighted by atomic mass is 9.93. The Bertz CT molecular complexity index is 917. The van der Waals surface area contributed by atoms with Crippen LogP contribution < -0.4 is 20.3 Å². The van der Waals surface area contributed by atoms with Crippen molar-refractivity contribution in [3.05, 3.63) is 47.5 Å². The van der Waals surface area contributed by atoms with E-state index in [0.29, 0.717) is 18.0 Å². The fourth-order valence-corrected chi connectivity index (χ4v) is 3.51. The molecule has 0 aliphatic carbocycles. The van der Waals surface area contributed by atoms with Gasteiger partial charge in [0.05, 0.1) is 11.1 Å². The Balaban J connectivity index is 1.80. The average Bonchev–Trinajstić information content (AvgIpc) is 2.71. The van der Waals surface area contributed by atoms with Crippen molar-refractivity contribution in [1.82, 2.24) is 0 Å². The highest BCUT2D eigenvalue weighted by atomic mass is 16.5. The third-order valence-corrected chi connectivity index (χ3v) is 4.85. The fraction of sp³-hybridized carbons (Fsp3) is 0.391. The molecule has 0 aromatic heterocycles. The van der Waals surface area contributed by atoms with Gasteiger partial charge in [-0.15, -0.1) is 0 Å². The number of nitrogens with zero attached hydrogens (tertiary/aromatic N) is 1. The summed E-state index contributed by atoms with van der Waals surface area (Å²) in [7, 11) is 0. The molecule has 154 valence electrons. The topological polar surface area (TPSA) is 70.7 Å². The molecule has 0 saturated heterocycles. The van der Waals surface area contributed by atoms with Gasteiger partial charge in [0.25, 0.3) is 0 Å². The molecule has 0 unspecified atom stereocenters. The first-order chi connectivity index (χ1) is 13.7. The number of aryl methyl sites for hydroxylation is 2. The first kappa shape index (κ1) is 20.7. The summed E-state index contributed by atoms with van der Waals surface area (Å²) in [4.78, 5) is 27.1. The summed E-state index contributed by atoms with van der Waals surface area (Å²) < 4.78 is 5.95. The van der Waals surface area contributed by atoms with Gasteiger partial charge in [0.2, 0.25) is 5.91 Å². The average molecular weight is 396 g/mol. The summed E-state index contributed by atoms with van der Waals surface area (Å²) in [6, 6.07) is 11.0. The normalized spacial score (nSPS) is 15.2. The molecular formula is C23H29N3O3. The molecule has 2 N–H and O–H groups in total. The van der Waals surface area contributed by atoms with Gasteiger partial charge in [-0.1, -0.05) is 13.0 Å². The smallest absolute Gasteiger partial charge is 0.323 e. The summed E-state index contributed by atoms with van der Waals surface area (Å²) in [5.41, 5.74) is 3.65. The highest BCUT2D eigenvalue weighted by Crippen LogP contribution is 2.38. The van der Waals surface area contributed by atoms with Crippen molar-refractivity contribution in [3.63, 3.8) is 0 Å². The lowest BCUT2D eigenvalue weighted by Gasteiger charge is -2.27. The lowest BCUT2D eigenvalue weighted by Crippen LogP contribution is -2.42. The minimum atomic E-state index is -0.609. The van der Waals surface area contributed by atoms with Crippen LogP contribution in [0.5, 0.6) is 5.75 Å². The number of benzene rings is 2. The molecule has 0 fully saturated rings. The molecule has 0 bridgehead atoms. The number of fused-ring (bicyclic) bond motifs is 1. The van der Waals surface area contributed by atoms with Gasteiger partial charge in [0.1, 0.15) is 12.4 Å². The number of carbonyl (C=O) groups is 2. The minimum Gasteiger partial charge on any atom is -0.490 e. The SMILES string of the molecule is CCCN1C(=O)C(C)(C)COc2cc(NC(=O)Nc3cc(C)cc(C)c3)ccc21. The molecule has 3 amide bonds. The van der Waals surface area contributed by atoms with Gasteiger partial charge in [-0.05, 0) is 69.5 Å². The van der Waals surface area contributed by atoms with E-state index in [1.54, 1.807) is 17.0 Å². The quantitative estimate of drug-likeness (QED) is 0.756. The van der Waals surface area contributed by atoms with Crippen LogP contribution in [0.3, 0.4) is 0 Å². The number of hydrogen-bond donors (Lipinski definition) is 2. The number of hydrogen-bond acceptors (Lipinski definition) is 3. The first-order valence-corrected chi connectivity index (χ1v) is 9.95. The maximum absolute atomic E-state index is 12.9. The number of amides is 3. The van der Waals surface area contributed by atoms with Gasteiger partial charge in [-0.2, -0.15) is 0 Å². The second-order valence-corrected chi connectivity index (χ2v) is 8.27.